The first-order valence-electron chi connectivity index (χ1n) is 5.73. The molecule has 1 rings (SSSR count). The van der Waals surface area contributed by atoms with E-state index in [-0.39, 0.29) is 6.10 Å². The Morgan fingerprint density at radius 1 is 1.46 bits per heavy atom. The van der Waals surface area contributed by atoms with E-state index >= 15 is 0 Å². The van der Waals surface area contributed by atoms with Crippen LogP contribution in [0.3, 0.4) is 0 Å². The van der Waals surface area contributed by atoms with Crippen molar-refractivity contribution in [1.29, 1.82) is 0 Å². The van der Waals surface area contributed by atoms with Crippen molar-refractivity contribution in [3.63, 3.8) is 0 Å². The highest BCUT2D eigenvalue weighted by atomic mass is 16.3. The van der Waals surface area contributed by atoms with Gasteiger partial charge in [-0.3, -0.25) is 0 Å². The molecule has 2 atom stereocenters. The highest BCUT2D eigenvalue weighted by Crippen LogP contribution is 2.18. The van der Waals surface area contributed by atoms with Gasteiger partial charge in [0.1, 0.15) is 0 Å². The Balaban J connectivity index is 2.09. The molecular weight excluding hydrogens is 162 g/mol. The van der Waals surface area contributed by atoms with Gasteiger partial charge in [-0.05, 0) is 31.7 Å². The SMILES string of the molecule is CCCCCC(O)[C@@H]1CCCNC1. The van der Waals surface area contributed by atoms with E-state index in [0.29, 0.717) is 5.92 Å². The molecular formula is C11H23NO. The Bertz CT molecular complexity index is 121. The van der Waals surface area contributed by atoms with Gasteiger partial charge in [0.05, 0.1) is 6.10 Å². The fraction of sp³-hybridized carbons (Fsp3) is 1.00. The lowest BCUT2D eigenvalue weighted by Crippen LogP contribution is -2.36. The maximum atomic E-state index is 9.86. The highest BCUT2D eigenvalue weighted by molar-refractivity contribution is 4.75. The Morgan fingerprint density at radius 2 is 2.31 bits per heavy atom. The van der Waals surface area contributed by atoms with Gasteiger partial charge in [0.2, 0.25) is 0 Å². The van der Waals surface area contributed by atoms with Crippen LogP contribution in [0.25, 0.3) is 0 Å². The topological polar surface area (TPSA) is 32.3 Å². The molecule has 0 aliphatic carbocycles. The minimum Gasteiger partial charge on any atom is -0.393 e. The van der Waals surface area contributed by atoms with Gasteiger partial charge in [-0.25, -0.2) is 0 Å². The first-order valence-corrected chi connectivity index (χ1v) is 5.73. The van der Waals surface area contributed by atoms with Gasteiger partial charge in [0, 0.05) is 6.54 Å². The Morgan fingerprint density at radius 3 is 2.92 bits per heavy atom. The van der Waals surface area contributed by atoms with Gasteiger partial charge in [0.25, 0.3) is 0 Å². The third-order valence-corrected chi connectivity index (χ3v) is 2.98. The van der Waals surface area contributed by atoms with E-state index in [1.807, 2.05) is 0 Å². The molecule has 2 N–H and O–H groups in total. The molecule has 13 heavy (non-hydrogen) atoms. The second-order valence-corrected chi connectivity index (χ2v) is 4.17. The summed E-state index contributed by atoms with van der Waals surface area (Å²) >= 11 is 0. The first kappa shape index (κ1) is 11.0. The maximum Gasteiger partial charge on any atom is 0.0580 e. The lowest BCUT2D eigenvalue weighted by molar-refractivity contribution is 0.0817. The summed E-state index contributed by atoms with van der Waals surface area (Å²) in [6.07, 6.45) is 7.08. The minimum atomic E-state index is -0.0562. The van der Waals surface area contributed by atoms with Gasteiger partial charge >= 0.3 is 0 Å². The zero-order valence-electron chi connectivity index (χ0n) is 8.76. The number of hydrogen-bond donors (Lipinski definition) is 2. The van der Waals surface area contributed by atoms with Crippen LogP contribution in [0.1, 0.15) is 45.4 Å². The van der Waals surface area contributed by atoms with Gasteiger partial charge in [-0.15, -0.1) is 0 Å². The Labute approximate surface area is 81.7 Å². The quantitative estimate of drug-likeness (QED) is 0.641. The average molecular weight is 185 g/mol. The normalized spacial score (nSPS) is 25.8. The summed E-state index contributed by atoms with van der Waals surface area (Å²) in [6.45, 7) is 4.36. The number of piperidine rings is 1. The van der Waals surface area contributed by atoms with Gasteiger partial charge in [-0.2, -0.15) is 0 Å². The molecule has 0 spiro atoms. The molecule has 1 saturated heterocycles. The van der Waals surface area contributed by atoms with E-state index in [4.69, 9.17) is 0 Å². The summed E-state index contributed by atoms with van der Waals surface area (Å²) in [6, 6.07) is 0. The van der Waals surface area contributed by atoms with Gasteiger partial charge < -0.3 is 10.4 Å². The second kappa shape index (κ2) is 6.39. The number of unbranched alkanes of at least 4 members (excludes halogenated alkanes) is 2. The summed E-state index contributed by atoms with van der Waals surface area (Å²) < 4.78 is 0. The molecule has 1 aliphatic heterocycles. The molecule has 0 aromatic rings. The van der Waals surface area contributed by atoms with Crippen LogP contribution in [0.5, 0.6) is 0 Å². The molecule has 0 bridgehead atoms. The van der Waals surface area contributed by atoms with Crippen molar-refractivity contribution in [3.8, 4) is 0 Å². The molecule has 78 valence electrons. The van der Waals surface area contributed by atoms with Crippen LogP contribution in [0, 0.1) is 5.92 Å². The summed E-state index contributed by atoms with van der Waals surface area (Å²) in [5.41, 5.74) is 0. The molecule has 0 aromatic carbocycles. The molecule has 2 heteroatoms. The minimum absolute atomic E-state index is 0.0562. The van der Waals surface area contributed by atoms with Gasteiger partial charge in [0.15, 0.2) is 0 Å². The number of rotatable bonds is 5. The summed E-state index contributed by atoms with van der Waals surface area (Å²) in [7, 11) is 0. The predicted molar refractivity (Wildman–Crippen MR) is 55.7 cm³/mol. The molecule has 2 nitrogen and oxygen atoms in total. The predicted octanol–water partition coefficient (Wildman–Crippen LogP) is 1.93. The van der Waals surface area contributed by atoms with Crippen molar-refractivity contribution in [2.45, 2.75) is 51.6 Å². The highest BCUT2D eigenvalue weighted by Gasteiger charge is 2.20. The molecule has 1 unspecified atom stereocenters. The molecule has 1 aliphatic rings. The van der Waals surface area contributed by atoms with Crippen molar-refractivity contribution in [2.75, 3.05) is 13.1 Å². The zero-order valence-corrected chi connectivity index (χ0v) is 8.76. The number of hydrogen-bond acceptors (Lipinski definition) is 2. The molecule has 1 fully saturated rings. The number of nitrogens with one attached hydrogen (secondary N) is 1. The first-order chi connectivity index (χ1) is 6.34. The monoisotopic (exact) mass is 185 g/mol. The molecule has 0 saturated carbocycles. The van der Waals surface area contributed by atoms with Crippen LogP contribution < -0.4 is 5.32 Å². The van der Waals surface area contributed by atoms with E-state index in [1.54, 1.807) is 0 Å². The molecule has 0 radical (unpaired) electrons. The average Bonchev–Trinajstić information content (AvgIpc) is 2.19. The lowest BCUT2D eigenvalue weighted by Gasteiger charge is -2.27. The number of aliphatic hydroxyl groups is 1. The maximum absolute atomic E-state index is 9.86. The summed E-state index contributed by atoms with van der Waals surface area (Å²) in [4.78, 5) is 0. The summed E-state index contributed by atoms with van der Waals surface area (Å²) in [5.74, 6) is 0.519. The van der Waals surface area contributed by atoms with Crippen LogP contribution in [-0.2, 0) is 0 Å². The molecule has 0 aromatic heterocycles. The van der Waals surface area contributed by atoms with E-state index < -0.39 is 0 Å². The van der Waals surface area contributed by atoms with Crippen molar-refractivity contribution in [3.05, 3.63) is 0 Å². The summed E-state index contributed by atoms with van der Waals surface area (Å²) in [5, 5.41) is 13.2. The zero-order chi connectivity index (χ0) is 9.52. The third-order valence-electron chi connectivity index (χ3n) is 2.98. The van der Waals surface area contributed by atoms with E-state index in [2.05, 4.69) is 12.2 Å². The van der Waals surface area contributed by atoms with Crippen molar-refractivity contribution >= 4 is 0 Å². The van der Waals surface area contributed by atoms with Crippen LogP contribution >= 0.6 is 0 Å². The van der Waals surface area contributed by atoms with Crippen molar-refractivity contribution in [2.24, 2.45) is 5.92 Å². The van der Waals surface area contributed by atoms with Crippen LogP contribution in [0.15, 0.2) is 0 Å². The Hall–Kier alpha value is -0.0800. The van der Waals surface area contributed by atoms with E-state index in [9.17, 15) is 5.11 Å². The molecule has 0 amide bonds. The third kappa shape index (κ3) is 4.10. The smallest absolute Gasteiger partial charge is 0.0580 e. The van der Waals surface area contributed by atoms with E-state index in [1.165, 1.54) is 32.1 Å². The Kier molecular flexibility index (Phi) is 5.40. The van der Waals surface area contributed by atoms with Crippen LogP contribution in [0.2, 0.25) is 0 Å². The standard InChI is InChI=1S/C11H23NO/c1-2-3-4-7-11(13)10-6-5-8-12-9-10/h10-13H,2-9H2,1H3/t10-,11?/m1/s1. The fourth-order valence-electron chi connectivity index (χ4n) is 2.05. The fourth-order valence-corrected chi connectivity index (χ4v) is 2.05. The second-order valence-electron chi connectivity index (χ2n) is 4.17. The van der Waals surface area contributed by atoms with Crippen LogP contribution in [0.4, 0.5) is 0 Å². The van der Waals surface area contributed by atoms with Crippen molar-refractivity contribution < 1.29 is 5.11 Å². The molecule has 1 heterocycles. The van der Waals surface area contributed by atoms with Crippen LogP contribution in [-0.4, -0.2) is 24.3 Å². The van der Waals surface area contributed by atoms with Crippen molar-refractivity contribution in [1.82, 2.24) is 5.32 Å². The number of aliphatic hydroxyl groups excluding tert-OH is 1. The van der Waals surface area contributed by atoms with Gasteiger partial charge in [-0.1, -0.05) is 26.2 Å². The largest absolute Gasteiger partial charge is 0.393 e. The van der Waals surface area contributed by atoms with E-state index in [0.717, 1.165) is 19.5 Å². The lowest BCUT2D eigenvalue weighted by atomic mass is 9.91.